The van der Waals surface area contributed by atoms with Crippen LogP contribution in [0.1, 0.15) is 10.5 Å². The lowest BCUT2D eigenvalue weighted by atomic mass is 10.1. The van der Waals surface area contributed by atoms with E-state index in [1.165, 1.54) is 12.1 Å². The number of hydrogen-bond donors (Lipinski definition) is 3. The average molecular weight is 280 g/mol. The van der Waals surface area contributed by atoms with Crippen LogP contribution in [0.2, 0.25) is 0 Å². The van der Waals surface area contributed by atoms with Crippen LogP contribution in [0, 0.1) is 0 Å². The van der Waals surface area contributed by atoms with Crippen molar-refractivity contribution in [1.82, 2.24) is 15.2 Å². The van der Waals surface area contributed by atoms with Gasteiger partial charge in [0.25, 0.3) is 5.91 Å². The molecule has 104 valence electrons. The van der Waals surface area contributed by atoms with Gasteiger partial charge in [0.15, 0.2) is 0 Å². The number of anilines is 1. The molecule has 0 aliphatic heterocycles. The Bertz CT molecular complexity index is 804. The van der Waals surface area contributed by atoms with Gasteiger partial charge in [0.05, 0.1) is 5.69 Å². The van der Waals surface area contributed by atoms with Crippen LogP contribution in [0.25, 0.3) is 11.3 Å². The number of aromatic nitrogens is 3. The minimum Gasteiger partial charge on any atom is -0.321 e. The van der Waals surface area contributed by atoms with Crippen LogP contribution < -0.4 is 10.9 Å². The standard InChI is InChI=1S/C15H12N4O2/c20-14-3-1-2-13(18-14)15(21)17-11-6-4-10(5-7-11)12-8-9-16-19-12/h1-9H,(H,16,19)(H,17,21)(H,18,20). The van der Waals surface area contributed by atoms with Crippen LogP contribution in [0.5, 0.6) is 0 Å². The summed E-state index contributed by atoms with van der Waals surface area (Å²) in [7, 11) is 0. The first-order valence-electron chi connectivity index (χ1n) is 6.33. The molecule has 21 heavy (non-hydrogen) atoms. The van der Waals surface area contributed by atoms with Gasteiger partial charge in [0, 0.05) is 18.0 Å². The van der Waals surface area contributed by atoms with Gasteiger partial charge in [-0.1, -0.05) is 18.2 Å². The number of nitrogens with one attached hydrogen (secondary N) is 3. The van der Waals surface area contributed by atoms with Crippen molar-refractivity contribution in [2.24, 2.45) is 0 Å². The third-order valence-corrected chi connectivity index (χ3v) is 2.97. The van der Waals surface area contributed by atoms with E-state index in [9.17, 15) is 9.59 Å². The summed E-state index contributed by atoms with van der Waals surface area (Å²) in [5, 5.41) is 9.48. The molecule has 0 spiro atoms. The predicted octanol–water partition coefficient (Wildman–Crippen LogP) is 2.02. The zero-order valence-electron chi connectivity index (χ0n) is 11.0. The van der Waals surface area contributed by atoms with Crippen LogP contribution in [-0.2, 0) is 0 Å². The highest BCUT2D eigenvalue weighted by Gasteiger charge is 2.07. The Morgan fingerprint density at radius 2 is 1.86 bits per heavy atom. The Kier molecular flexibility index (Phi) is 3.34. The first kappa shape index (κ1) is 12.9. The number of pyridine rings is 1. The van der Waals surface area contributed by atoms with Gasteiger partial charge in [-0.25, -0.2) is 0 Å². The molecule has 1 aromatic carbocycles. The summed E-state index contributed by atoms with van der Waals surface area (Å²) < 4.78 is 0. The molecule has 0 atom stereocenters. The quantitative estimate of drug-likeness (QED) is 0.685. The molecule has 0 unspecified atom stereocenters. The molecule has 6 heteroatoms. The van der Waals surface area contributed by atoms with Crippen LogP contribution in [0.15, 0.2) is 59.5 Å². The molecule has 2 heterocycles. The predicted molar refractivity (Wildman–Crippen MR) is 79.0 cm³/mol. The van der Waals surface area contributed by atoms with Gasteiger partial charge in [-0.15, -0.1) is 0 Å². The normalized spacial score (nSPS) is 10.3. The first-order chi connectivity index (χ1) is 10.2. The molecular weight excluding hydrogens is 268 g/mol. The van der Waals surface area contributed by atoms with Crippen LogP contribution in [0.4, 0.5) is 5.69 Å². The number of carbonyl (C=O) groups is 1. The smallest absolute Gasteiger partial charge is 0.272 e. The molecule has 0 saturated carbocycles. The molecule has 0 radical (unpaired) electrons. The van der Waals surface area contributed by atoms with Crippen molar-refractivity contribution >= 4 is 11.6 Å². The Morgan fingerprint density at radius 1 is 1.05 bits per heavy atom. The summed E-state index contributed by atoms with van der Waals surface area (Å²) >= 11 is 0. The van der Waals surface area contributed by atoms with Gasteiger partial charge < -0.3 is 10.3 Å². The molecule has 3 aromatic rings. The summed E-state index contributed by atoms with van der Waals surface area (Å²) in [6.07, 6.45) is 1.68. The monoisotopic (exact) mass is 280 g/mol. The lowest BCUT2D eigenvalue weighted by Crippen LogP contribution is -2.17. The highest BCUT2D eigenvalue weighted by molar-refractivity contribution is 6.02. The van der Waals surface area contributed by atoms with E-state index < -0.39 is 0 Å². The van der Waals surface area contributed by atoms with E-state index in [0.29, 0.717) is 5.69 Å². The zero-order valence-corrected chi connectivity index (χ0v) is 11.0. The summed E-state index contributed by atoms with van der Waals surface area (Å²) in [5.41, 5.74) is 2.43. The van der Waals surface area contributed by atoms with Crippen molar-refractivity contribution in [2.75, 3.05) is 5.32 Å². The molecule has 2 aromatic heterocycles. The second-order valence-electron chi connectivity index (χ2n) is 4.43. The number of amides is 1. The lowest BCUT2D eigenvalue weighted by molar-refractivity contribution is 0.102. The minimum atomic E-state index is -0.359. The number of carbonyl (C=O) groups excluding carboxylic acids is 1. The first-order valence-corrected chi connectivity index (χ1v) is 6.33. The fraction of sp³-hybridized carbons (Fsp3) is 0. The lowest BCUT2D eigenvalue weighted by Gasteiger charge is -2.05. The molecule has 0 aliphatic rings. The summed E-state index contributed by atoms with van der Waals surface area (Å²) in [4.78, 5) is 25.6. The Hall–Kier alpha value is -3.15. The largest absolute Gasteiger partial charge is 0.321 e. The van der Waals surface area contributed by atoms with Crippen molar-refractivity contribution in [1.29, 1.82) is 0 Å². The Balaban J connectivity index is 1.76. The second kappa shape index (κ2) is 5.46. The van der Waals surface area contributed by atoms with Gasteiger partial charge in [0.2, 0.25) is 5.56 Å². The number of rotatable bonds is 3. The summed E-state index contributed by atoms with van der Waals surface area (Å²) in [6.45, 7) is 0. The molecule has 0 bridgehead atoms. The maximum Gasteiger partial charge on any atom is 0.272 e. The molecule has 0 aliphatic carbocycles. The topological polar surface area (TPSA) is 90.6 Å². The second-order valence-corrected chi connectivity index (χ2v) is 4.43. The molecule has 0 fully saturated rings. The van der Waals surface area contributed by atoms with Crippen molar-refractivity contribution in [3.8, 4) is 11.3 Å². The van der Waals surface area contributed by atoms with Gasteiger partial charge in [0.1, 0.15) is 5.69 Å². The van der Waals surface area contributed by atoms with E-state index in [-0.39, 0.29) is 17.2 Å². The van der Waals surface area contributed by atoms with Crippen LogP contribution in [-0.4, -0.2) is 21.1 Å². The molecule has 6 nitrogen and oxygen atoms in total. The SMILES string of the molecule is O=C(Nc1ccc(-c2ccn[nH]2)cc1)c1cccc(=O)[nH]1. The summed E-state index contributed by atoms with van der Waals surface area (Å²) in [5.74, 6) is -0.359. The molecule has 0 saturated heterocycles. The van der Waals surface area contributed by atoms with E-state index in [1.807, 2.05) is 18.2 Å². The van der Waals surface area contributed by atoms with E-state index in [2.05, 4.69) is 20.5 Å². The molecule has 1 amide bonds. The average Bonchev–Trinajstić information content (AvgIpc) is 3.02. The maximum absolute atomic E-state index is 12.0. The van der Waals surface area contributed by atoms with E-state index >= 15 is 0 Å². The van der Waals surface area contributed by atoms with Crippen molar-refractivity contribution in [3.63, 3.8) is 0 Å². The van der Waals surface area contributed by atoms with E-state index in [4.69, 9.17) is 0 Å². The van der Waals surface area contributed by atoms with Crippen LogP contribution >= 0.6 is 0 Å². The van der Waals surface area contributed by atoms with Crippen molar-refractivity contribution in [3.05, 3.63) is 70.8 Å². The van der Waals surface area contributed by atoms with Gasteiger partial charge in [-0.05, 0) is 29.8 Å². The van der Waals surface area contributed by atoms with E-state index in [1.54, 1.807) is 24.4 Å². The Morgan fingerprint density at radius 3 is 2.52 bits per heavy atom. The zero-order chi connectivity index (χ0) is 14.7. The van der Waals surface area contributed by atoms with Gasteiger partial charge in [-0.3, -0.25) is 14.7 Å². The summed E-state index contributed by atoms with van der Waals surface area (Å²) in [6, 6.07) is 13.6. The van der Waals surface area contributed by atoms with Crippen molar-refractivity contribution < 1.29 is 4.79 Å². The van der Waals surface area contributed by atoms with Gasteiger partial charge in [-0.2, -0.15) is 5.10 Å². The van der Waals surface area contributed by atoms with Gasteiger partial charge >= 0.3 is 0 Å². The highest BCUT2D eigenvalue weighted by Crippen LogP contribution is 2.19. The number of hydrogen-bond acceptors (Lipinski definition) is 3. The molecule has 3 rings (SSSR count). The van der Waals surface area contributed by atoms with E-state index in [0.717, 1.165) is 11.3 Å². The number of nitrogens with zero attached hydrogens (tertiary/aromatic N) is 1. The Labute approximate surface area is 119 Å². The minimum absolute atomic E-state index is 0.222. The maximum atomic E-state index is 12.0. The fourth-order valence-electron chi connectivity index (χ4n) is 1.93. The number of aromatic amines is 2. The van der Waals surface area contributed by atoms with Crippen molar-refractivity contribution in [2.45, 2.75) is 0 Å². The number of H-pyrrole nitrogens is 2. The third kappa shape index (κ3) is 2.89. The third-order valence-electron chi connectivity index (χ3n) is 2.97. The highest BCUT2D eigenvalue weighted by atomic mass is 16.2. The fourth-order valence-corrected chi connectivity index (χ4v) is 1.93. The van der Waals surface area contributed by atoms with Crippen LogP contribution in [0.3, 0.4) is 0 Å². The molecule has 3 N–H and O–H groups in total. The number of benzene rings is 1. The molecular formula is C15H12N4O2.